The van der Waals surface area contributed by atoms with Crippen LogP contribution in [0.1, 0.15) is 49.8 Å². The summed E-state index contributed by atoms with van der Waals surface area (Å²) in [5, 5.41) is 10.0. The van der Waals surface area contributed by atoms with E-state index in [-0.39, 0.29) is 11.5 Å². The topological polar surface area (TPSA) is 93.0 Å². The van der Waals surface area contributed by atoms with Crippen LogP contribution in [0.4, 0.5) is 0 Å². The third kappa shape index (κ3) is 3.68. The maximum atomic E-state index is 6.44. The SMILES string of the molecule is CC1(c2nc(-c3ncn4c3Cc3cn(CC5CCCO5)nc3-c3cc(Cl)ccc3-4)no2)CCOCC1. The largest absolute Gasteiger partial charge is 0.381 e. The lowest BCUT2D eigenvalue weighted by atomic mass is 9.82. The van der Waals surface area contributed by atoms with E-state index in [1.807, 2.05) is 29.2 Å². The third-order valence-corrected chi connectivity index (χ3v) is 7.94. The highest BCUT2D eigenvalue weighted by molar-refractivity contribution is 6.31. The average molecular weight is 507 g/mol. The molecule has 9 nitrogen and oxygen atoms in total. The Hall–Kier alpha value is -3.01. The lowest BCUT2D eigenvalue weighted by Crippen LogP contribution is -2.30. The third-order valence-electron chi connectivity index (χ3n) is 7.70. The molecule has 3 aliphatic rings. The molecule has 0 amide bonds. The molecular weight excluding hydrogens is 480 g/mol. The molecule has 36 heavy (non-hydrogen) atoms. The zero-order chi connectivity index (χ0) is 24.3. The van der Waals surface area contributed by atoms with Gasteiger partial charge in [0.05, 0.1) is 35.1 Å². The van der Waals surface area contributed by atoms with Gasteiger partial charge in [-0.05, 0) is 43.9 Å². The van der Waals surface area contributed by atoms with E-state index in [0.29, 0.717) is 36.4 Å². The van der Waals surface area contributed by atoms with Crippen LogP contribution >= 0.6 is 11.6 Å². The zero-order valence-electron chi connectivity index (χ0n) is 20.1. The van der Waals surface area contributed by atoms with Gasteiger partial charge in [0.15, 0.2) is 0 Å². The lowest BCUT2D eigenvalue weighted by Gasteiger charge is -2.29. The molecule has 4 aromatic rings. The van der Waals surface area contributed by atoms with Gasteiger partial charge in [-0.3, -0.25) is 4.68 Å². The number of nitrogens with zero attached hydrogens (tertiary/aromatic N) is 6. The van der Waals surface area contributed by atoms with Crippen LogP contribution in [0, 0.1) is 0 Å². The van der Waals surface area contributed by atoms with Gasteiger partial charge in [0.25, 0.3) is 0 Å². The summed E-state index contributed by atoms with van der Waals surface area (Å²) in [6.07, 6.45) is 8.68. The Morgan fingerprint density at radius 1 is 1.17 bits per heavy atom. The van der Waals surface area contributed by atoms with Crippen LogP contribution in [0.15, 0.2) is 35.2 Å². The van der Waals surface area contributed by atoms with E-state index < -0.39 is 0 Å². The average Bonchev–Trinajstić information content (AvgIpc) is 3.67. The second-order valence-corrected chi connectivity index (χ2v) is 10.6. The highest BCUT2D eigenvalue weighted by Gasteiger charge is 2.36. The van der Waals surface area contributed by atoms with Crippen molar-refractivity contribution in [3.8, 4) is 28.5 Å². The van der Waals surface area contributed by atoms with Gasteiger partial charge in [-0.1, -0.05) is 23.7 Å². The van der Waals surface area contributed by atoms with Crippen molar-refractivity contribution in [2.45, 2.75) is 57.1 Å². The van der Waals surface area contributed by atoms with Gasteiger partial charge >= 0.3 is 0 Å². The molecule has 3 aliphatic heterocycles. The summed E-state index contributed by atoms with van der Waals surface area (Å²) >= 11 is 6.44. The van der Waals surface area contributed by atoms with Crippen LogP contribution in [0.3, 0.4) is 0 Å². The van der Waals surface area contributed by atoms with Crippen molar-refractivity contribution in [1.29, 1.82) is 0 Å². The molecule has 3 aromatic heterocycles. The second-order valence-electron chi connectivity index (χ2n) is 10.2. The molecular formula is C26H27ClN6O3. The minimum atomic E-state index is -0.180. The van der Waals surface area contributed by atoms with Crippen LogP contribution in [0.5, 0.6) is 0 Å². The van der Waals surface area contributed by atoms with Gasteiger partial charge in [0, 0.05) is 48.6 Å². The fourth-order valence-corrected chi connectivity index (χ4v) is 5.71. The first-order chi connectivity index (χ1) is 17.6. The molecule has 10 heteroatoms. The van der Waals surface area contributed by atoms with E-state index in [1.165, 1.54) is 0 Å². The van der Waals surface area contributed by atoms with Crippen LogP contribution in [0.25, 0.3) is 28.5 Å². The Morgan fingerprint density at radius 2 is 2.06 bits per heavy atom. The summed E-state index contributed by atoms with van der Waals surface area (Å²) < 4.78 is 21.3. The fraction of sp³-hybridized carbons (Fsp3) is 0.462. The number of ether oxygens (including phenoxy) is 2. The first-order valence-corrected chi connectivity index (χ1v) is 12.9. The lowest BCUT2D eigenvalue weighted by molar-refractivity contribution is 0.0447. The number of aromatic nitrogens is 6. The summed E-state index contributed by atoms with van der Waals surface area (Å²) in [7, 11) is 0. The first-order valence-electron chi connectivity index (χ1n) is 12.5. The van der Waals surface area contributed by atoms with E-state index in [2.05, 4.69) is 22.8 Å². The van der Waals surface area contributed by atoms with E-state index in [0.717, 1.165) is 72.7 Å². The van der Waals surface area contributed by atoms with Crippen molar-refractivity contribution in [3.63, 3.8) is 0 Å². The van der Waals surface area contributed by atoms with Gasteiger partial charge < -0.3 is 18.6 Å². The molecule has 1 unspecified atom stereocenters. The maximum absolute atomic E-state index is 6.44. The van der Waals surface area contributed by atoms with E-state index in [4.69, 9.17) is 40.7 Å². The Labute approximate surface area is 213 Å². The number of halogens is 1. The summed E-state index contributed by atoms with van der Waals surface area (Å²) in [6, 6.07) is 5.90. The fourth-order valence-electron chi connectivity index (χ4n) is 5.54. The molecule has 186 valence electrons. The van der Waals surface area contributed by atoms with Crippen molar-refractivity contribution in [2.24, 2.45) is 0 Å². The van der Waals surface area contributed by atoms with Gasteiger partial charge in [0.1, 0.15) is 12.0 Å². The number of benzene rings is 1. The molecule has 2 fully saturated rings. The van der Waals surface area contributed by atoms with Gasteiger partial charge in [-0.25, -0.2) is 4.98 Å². The van der Waals surface area contributed by atoms with Gasteiger partial charge in [-0.15, -0.1) is 0 Å². The van der Waals surface area contributed by atoms with E-state index in [9.17, 15) is 0 Å². The van der Waals surface area contributed by atoms with Gasteiger partial charge in [0.2, 0.25) is 11.7 Å². The molecule has 2 saturated heterocycles. The van der Waals surface area contributed by atoms with Crippen LogP contribution in [0.2, 0.25) is 5.02 Å². The monoisotopic (exact) mass is 506 g/mol. The Kier molecular flexibility index (Phi) is 5.27. The molecule has 0 bridgehead atoms. The van der Waals surface area contributed by atoms with Crippen molar-refractivity contribution in [3.05, 3.63) is 52.9 Å². The van der Waals surface area contributed by atoms with E-state index >= 15 is 0 Å². The maximum Gasteiger partial charge on any atom is 0.233 e. The minimum absolute atomic E-state index is 0.180. The number of hydrogen-bond acceptors (Lipinski definition) is 7. The highest BCUT2D eigenvalue weighted by Crippen LogP contribution is 2.39. The van der Waals surface area contributed by atoms with Crippen LogP contribution < -0.4 is 0 Å². The standard InChI is InChI=1S/C26H27ClN6O3/c1-26(6-9-34-10-7-26)25-29-24(31-36-25)23-21-11-16-13-32(14-18-3-2-8-35-18)30-22(16)19-12-17(27)4-5-20(19)33(21)15-28-23/h4-5,12-13,15,18H,2-3,6-11,14H2,1H3. The number of fused-ring (bicyclic) bond motifs is 5. The Balaban J connectivity index is 1.31. The number of imidazole rings is 1. The molecule has 1 atom stereocenters. The summed E-state index contributed by atoms with van der Waals surface area (Å²) in [6.45, 7) is 5.13. The molecule has 0 radical (unpaired) electrons. The minimum Gasteiger partial charge on any atom is -0.381 e. The van der Waals surface area contributed by atoms with Crippen molar-refractivity contribution in [1.82, 2.24) is 29.5 Å². The molecule has 0 spiro atoms. The van der Waals surface area contributed by atoms with Crippen molar-refractivity contribution < 1.29 is 14.0 Å². The predicted octanol–water partition coefficient (Wildman–Crippen LogP) is 4.59. The van der Waals surface area contributed by atoms with Crippen molar-refractivity contribution >= 4 is 11.6 Å². The zero-order valence-corrected chi connectivity index (χ0v) is 20.9. The highest BCUT2D eigenvalue weighted by atomic mass is 35.5. The quantitative estimate of drug-likeness (QED) is 0.352. The molecule has 0 N–H and O–H groups in total. The summed E-state index contributed by atoms with van der Waals surface area (Å²) in [5.74, 6) is 1.16. The molecule has 7 rings (SSSR count). The Bertz CT molecular complexity index is 1430. The predicted molar refractivity (Wildman–Crippen MR) is 132 cm³/mol. The van der Waals surface area contributed by atoms with Crippen LogP contribution in [-0.2, 0) is 27.9 Å². The number of rotatable bonds is 4. The molecule has 0 aliphatic carbocycles. The molecule has 1 aromatic carbocycles. The first kappa shape index (κ1) is 22.2. The molecule has 6 heterocycles. The number of hydrogen-bond donors (Lipinski definition) is 0. The molecule has 0 saturated carbocycles. The van der Waals surface area contributed by atoms with E-state index in [1.54, 1.807) is 0 Å². The van der Waals surface area contributed by atoms with Crippen LogP contribution in [-0.4, -0.2) is 55.4 Å². The smallest absolute Gasteiger partial charge is 0.233 e. The summed E-state index contributed by atoms with van der Waals surface area (Å²) in [4.78, 5) is 9.57. The summed E-state index contributed by atoms with van der Waals surface area (Å²) in [5.41, 5.74) is 5.55. The second kappa shape index (κ2) is 8.54. The Morgan fingerprint density at radius 3 is 2.89 bits per heavy atom. The van der Waals surface area contributed by atoms with Gasteiger partial charge in [-0.2, -0.15) is 10.1 Å². The van der Waals surface area contributed by atoms with Crippen molar-refractivity contribution in [2.75, 3.05) is 19.8 Å². The normalized spacial score (nSPS) is 20.6.